The Bertz CT molecular complexity index is 559. The maximum Gasteiger partial charge on any atom is 0.191 e. The summed E-state index contributed by atoms with van der Waals surface area (Å²) < 4.78 is 32.2. The van der Waals surface area contributed by atoms with Gasteiger partial charge >= 0.3 is 0 Å². The van der Waals surface area contributed by atoms with E-state index >= 15 is 0 Å². The largest absolute Gasteiger partial charge is 0.382 e. The number of rotatable bonds is 7. The van der Waals surface area contributed by atoms with Gasteiger partial charge in [-0.2, -0.15) is 0 Å². The van der Waals surface area contributed by atoms with Crippen LogP contribution in [-0.2, 0) is 4.74 Å². The maximum absolute atomic E-state index is 13.9. The lowest BCUT2D eigenvalue weighted by Crippen LogP contribution is -2.45. The zero-order valence-electron chi connectivity index (χ0n) is 14.7. The highest BCUT2D eigenvalue weighted by molar-refractivity contribution is 14.0. The number of benzene rings is 1. The number of aliphatic imine (C=N–C) groups is 1. The normalized spacial score (nSPS) is 17.4. The molecule has 1 fully saturated rings. The SMILES string of the molecule is CCOCCCNC(=NC)NC1CCN(c2ccc(F)cc2F)C1.I. The van der Waals surface area contributed by atoms with Crippen LogP contribution in [0.15, 0.2) is 23.2 Å². The second-order valence-electron chi connectivity index (χ2n) is 5.72. The molecule has 0 radical (unpaired) electrons. The van der Waals surface area contributed by atoms with Crippen LogP contribution in [0.1, 0.15) is 19.8 Å². The quantitative estimate of drug-likeness (QED) is 0.280. The molecule has 0 saturated carbocycles. The number of anilines is 1. The Kier molecular flexibility index (Phi) is 10.0. The van der Waals surface area contributed by atoms with Crippen LogP contribution in [0.4, 0.5) is 14.5 Å². The van der Waals surface area contributed by atoms with Gasteiger partial charge in [-0.1, -0.05) is 0 Å². The second kappa shape index (κ2) is 11.5. The molecule has 1 aliphatic rings. The first-order chi connectivity index (χ1) is 11.6. The molecule has 25 heavy (non-hydrogen) atoms. The van der Waals surface area contributed by atoms with Crippen LogP contribution in [0, 0.1) is 11.6 Å². The average molecular weight is 468 g/mol. The van der Waals surface area contributed by atoms with Crippen LogP contribution in [0.25, 0.3) is 0 Å². The van der Waals surface area contributed by atoms with Crippen LogP contribution in [0.2, 0.25) is 0 Å². The molecule has 1 aromatic rings. The predicted octanol–water partition coefficient (Wildman–Crippen LogP) is 2.75. The Morgan fingerprint density at radius 1 is 1.40 bits per heavy atom. The lowest BCUT2D eigenvalue weighted by molar-refractivity contribution is 0.145. The van der Waals surface area contributed by atoms with Crippen LogP contribution < -0.4 is 15.5 Å². The topological polar surface area (TPSA) is 48.9 Å². The number of guanidine groups is 1. The summed E-state index contributed by atoms with van der Waals surface area (Å²) in [5, 5.41) is 6.59. The lowest BCUT2D eigenvalue weighted by atomic mass is 10.2. The van der Waals surface area contributed by atoms with Gasteiger partial charge in [-0.15, -0.1) is 24.0 Å². The minimum Gasteiger partial charge on any atom is -0.382 e. The van der Waals surface area contributed by atoms with Gasteiger partial charge in [-0.25, -0.2) is 8.78 Å². The summed E-state index contributed by atoms with van der Waals surface area (Å²) in [6, 6.07) is 3.88. The second-order valence-corrected chi connectivity index (χ2v) is 5.72. The van der Waals surface area contributed by atoms with Crippen molar-refractivity contribution in [1.82, 2.24) is 10.6 Å². The van der Waals surface area contributed by atoms with Crippen molar-refractivity contribution < 1.29 is 13.5 Å². The molecule has 0 bridgehead atoms. The first kappa shape index (κ1) is 21.9. The van der Waals surface area contributed by atoms with E-state index in [2.05, 4.69) is 15.6 Å². The molecule has 1 aromatic carbocycles. The fourth-order valence-electron chi connectivity index (χ4n) is 2.75. The summed E-state index contributed by atoms with van der Waals surface area (Å²) >= 11 is 0. The van der Waals surface area contributed by atoms with E-state index in [4.69, 9.17) is 4.74 Å². The molecule has 1 saturated heterocycles. The summed E-state index contributed by atoms with van der Waals surface area (Å²) in [7, 11) is 1.73. The van der Waals surface area contributed by atoms with Crippen LogP contribution in [-0.4, -0.2) is 51.9 Å². The van der Waals surface area contributed by atoms with Crippen LogP contribution in [0.3, 0.4) is 0 Å². The molecule has 1 unspecified atom stereocenters. The molecule has 0 aliphatic carbocycles. The fourth-order valence-corrected chi connectivity index (χ4v) is 2.75. The summed E-state index contributed by atoms with van der Waals surface area (Å²) in [6.07, 6.45) is 1.78. The molecule has 1 heterocycles. The summed E-state index contributed by atoms with van der Waals surface area (Å²) in [6.45, 7) is 5.59. The molecule has 1 aliphatic heterocycles. The zero-order chi connectivity index (χ0) is 17.4. The van der Waals surface area contributed by atoms with Gasteiger partial charge in [-0.05, 0) is 31.9 Å². The number of hydrogen-bond donors (Lipinski definition) is 2. The summed E-state index contributed by atoms with van der Waals surface area (Å²) in [5.41, 5.74) is 0.445. The van der Waals surface area contributed by atoms with E-state index in [0.717, 1.165) is 51.2 Å². The molecule has 0 aromatic heterocycles. The van der Waals surface area contributed by atoms with Crippen molar-refractivity contribution >= 4 is 35.6 Å². The van der Waals surface area contributed by atoms with E-state index in [0.29, 0.717) is 12.2 Å². The Labute approximate surface area is 165 Å². The smallest absolute Gasteiger partial charge is 0.191 e. The number of nitrogens with zero attached hydrogens (tertiary/aromatic N) is 2. The number of hydrogen-bond acceptors (Lipinski definition) is 3. The highest BCUT2D eigenvalue weighted by atomic mass is 127. The maximum atomic E-state index is 13.9. The van der Waals surface area contributed by atoms with Gasteiger partial charge in [0.05, 0.1) is 5.69 Å². The molecule has 8 heteroatoms. The van der Waals surface area contributed by atoms with E-state index in [9.17, 15) is 8.78 Å². The molecule has 5 nitrogen and oxygen atoms in total. The minimum absolute atomic E-state index is 0. The average Bonchev–Trinajstić information content (AvgIpc) is 3.01. The fraction of sp³-hybridized carbons (Fsp3) is 0.588. The van der Waals surface area contributed by atoms with E-state index in [1.165, 1.54) is 12.1 Å². The van der Waals surface area contributed by atoms with E-state index in [1.54, 1.807) is 7.05 Å². The zero-order valence-corrected chi connectivity index (χ0v) is 17.1. The molecular formula is C17H27F2IN4O. The van der Waals surface area contributed by atoms with Crippen molar-refractivity contribution in [3.8, 4) is 0 Å². The number of halogens is 3. The number of nitrogens with one attached hydrogen (secondary N) is 2. The third kappa shape index (κ3) is 6.93. The third-order valence-corrected chi connectivity index (χ3v) is 3.97. The molecule has 142 valence electrons. The Morgan fingerprint density at radius 3 is 2.88 bits per heavy atom. The summed E-state index contributed by atoms with van der Waals surface area (Å²) in [5.74, 6) is -0.339. The van der Waals surface area contributed by atoms with E-state index in [1.807, 2.05) is 11.8 Å². The molecular weight excluding hydrogens is 441 g/mol. The summed E-state index contributed by atoms with van der Waals surface area (Å²) in [4.78, 5) is 6.13. The first-order valence-electron chi connectivity index (χ1n) is 8.39. The van der Waals surface area contributed by atoms with Crippen molar-refractivity contribution in [2.75, 3.05) is 44.8 Å². The molecule has 0 amide bonds. The van der Waals surface area contributed by atoms with Crippen molar-refractivity contribution in [3.63, 3.8) is 0 Å². The molecule has 2 N–H and O–H groups in total. The van der Waals surface area contributed by atoms with E-state index in [-0.39, 0.29) is 30.0 Å². The Hall–Kier alpha value is -1.16. The van der Waals surface area contributed by atoms with Crippen molar-refractivity contribution in [1.29, 1.82) is 0 Å². The third-order valence-electron chi connectivity index (χ3n) is 3.97. The van der Waals surface area contributed by atoms with Gasteiger partial charge in [-0.3, -0.25) is 4.99 Å². The van der Waals surface area contributed by atoms with Gasteiger partial charge < -0.3 is 20.3 Å². The van der Waals surface area contributed by atoms with Crippen molar-refractivity contribution in [3.05, 3.63) is 29.8 Å². The molecule has 2 rings (SSSR count). The first-order valence-corrected chi connectivity index (χ1v) is 8.39. The van der Waals surface area contributed by atoms with Gasteiger partial charge in [0, 0.05) is 52.0 Å². The molecule has 0 spiro atoms. The standard InChI is InChI=1S/C17H26F2N4O.HI/c1-3-24-10-4-8-21-17(20-2)22-14-7-9-23(12-14)16-6-5-13(18)11-15(16)19;/h5-6,11,14H,3-4,7-10,12H2,1-2H3,(H2,20,21,22);1H. The minimum atomic E-state index is -0.554. The van der Waals surface area contributed by atoms with Crippen LogP contribution >= 0.6 is 24.0 Å². The van der Waals surface area contributed by atoms with Crippen molar-refractivity contribution in [2.45, 2.75) is 25.8 Å². The molecule has 1 atom stereocenters. The van der Waals surface area contributed by atoms with Crippen molar-refractivity contribution in [2.24, 2.45) is 4.99 Å². The number of ether oxygens (including phenoxy) is 1. The van der Waals surface area contributed by atoms with Gasteiger partial charge in [0.15, 0.2) is 5.96 Å². The highest BCUT2D eigenvalue weighted by Gasteiger charge is 2.25. The lowest BCUT2D eigenvalue weighted by Gasteiger charge is -2.21. The van der Waals surface area contributed by atoms with Gasteiger partial charge in [0.2, 0.25) is 0 Å². The Morgan fingerprint density at radius 2 is 2.20 bits per heavy atom. The predicted molar refractivity (Wildman–Crippen MR) is 108 cm³/mol. The monoisotopic (exact) mass is 468 g/mol. The van der Waals surface area contributed by atoms with E-state index < -0.39 is 11.6 Å². The van der Waals surface area contributed by atoms with Gasteiger partial charge in [0.25, 0.3) is 0 Å². The Balaban J connectivity index is 0.00000312. The van der Waals surface area contributed by atoms with Crippen LogP contribution in [0.5, 0.6) is 0 Å². The van der Waals surface area contributed by atoms with Gasteiger partial charge in [0.1, 0.15) is 11.6 Å². The highest BCUT2D eigenvalue weighted by Crippen LogP contribution is 2.24.